The van der Waals surface area contributed by atoms with Crippen LogP contribution >= 0.6 is 11.6 Å². The Morgan fingerprint density at radius 2 is 2.00 bits per heavy atom. The molecule has 0 radical (unpaired) electrons. The normalized spacial score (nSPS) is 18.9. The van der Waals surface area contributed by atoms with Crippen molar-refractivity contribution in [3.8, 4) is 0 Å². The van der Waals surface area contributed by atoms with Crippen molar-refractivity contribution in [3.63, 3.8) is 0 Å². The summed E-state index contributed by atoms with van der Waals surface area (Å²) in [5.74, 6) is 1.08. The van der Waals surface area contributed by atoms with Crippen LogP contribution < -0.4 is 0 Å². The minimum absolute atomic E-state index is 0.0873. The molecule has 1 saturated carbocycles. The van der Waals surface area contributed by atoms with Crippen LogP contribution in [-0.4, -0.2) is 0 Å². The topological polar surface area (TPSA) is 13.1 Å². The van der Waals surface area contributed by atoms with Gasteiger partial charge in [-0.25, -0.2) is 4.39 Å². The Morgan fingerprint density at radius 1 is 1.26 bits per heavy atom. The van der Waals surface area contributed by atoms with Crippen molar-refractivity contribution in [2.45, 2.75) is 44.4 Å². The molecule has 2 aromatic rings. The molecule has 0 bridgehead atoms. The first-order valence-electron chi connectivity index (χ1n) is 6.99. The van der Waals surface area contributed by atoms with Crippen LogP contribution in [0.1, 0.15) is 48.8 Å². The maximum Gasteiger partial charge on any atom is 0.134 e. The Kier molecular flexibility index (Phi) is 3.53. The van der Waals surface area contributed by atoms with Gasteiger partial charge in [0, 0.05) is 10.9 Å². The third-order valence-electron chi connectivity index (χ3n) is 4.25. The van der Waals surface area contributed by atoms with E-state index in [4.69, 9.17) is 16.0 Å². The Morgan fingerprint density at radius 3 is 2.74 bits per heavy atom. The number of hydrogen-bond acceptors (Lipinski definition) is 1. The minimum Gasteiger partial charge on any atom is -0.459 e. The molecule has 1 aliphatic rings. The average molecular weight is 281 g/mol. The summed E-state index contributed by atoms with van der Waals surface area (Å²) in [6.45, 7) is 1.97. The zero-order valence-electron chi connectivity index (χ0n) is 11.1. The molecule has 1 aromatic heterocycles. The number of furan rings is 1. The molecule has 1 heterocycles. The van der Waals surface area contributed by atoms with E-state index in [0.717, 1.165) is 22.3 Å². The van der Waals surface area contributed by atoms with Crippen molar-refractivity contribution >= 4 is 22.6 Å². The van der Waals surface area contributed by atoms with E-state index in [2.05, 4.69) is 0 Å². The second-order valence-electron chi connectivity index (χ2n) is 5.53. The zero-order valence-corrected chi connectivity index (χ0v) is 11.8. The summed E-state index contributed by atoms with van der Waals surface area (Å²) in [6, 6.07) is 4.65. The van der Waals surface area contributed by atoms with Crippen LogP contribution in [-0.2, 0) is 0 Å². The maximum atomic E-state index is 13.3. The Labute approximate surface area is 117 Å². The smallest absolute Gasteiger partial charge is 0.134 e. The summed E-state index contributed by atoms with van der Waals surface area (Å²) in [5.41, 5.74) is 1.72. The summed E-state index contributed by atoms with van der Waals surface area (Å²) < 4.78 is 19.2. The predicted molar refractivity (Wildman–Crippen MR) is 76.1 cm³/mol. The lowest BCUT2D eigenvalue weighted by Gasteiger charge is -2.25. The van der Waals surface area contributed by atoms with Gasteiger partial charge in [-0.3, -0.25) is 0 Å². The molecule has 0 spiro atoms. The molecule has 0 amide bonds. The van der Waals surface area contributed by atoms with Crippen LogP contribution in [0.2, 0.25) is 0 Å². The summed E-state index contributed by atoms with van der Waals surface area (Å²) in [7, 11) is 0. The molecule has 0 aliphatic heterocycles. The van der Waals surface area contributed by atoms with E-state index in [1.54, 1.807) is 6.07 Å². The van der Waals surface area contributed by atoms with Crippen LogP contribution in [0.3, 0.4) is 0 Å². The number of rotatable bonds is 2. The van der Waals surface area contributed by atoms with Crippen molar-refractivity contribution in [2.75, 3.05) is 0 Å². The molecular formula is C16H18ClFO. The van der Waals surface area contributed by atoms with Gasteiger partial charge in [0.1, 0.15) is 17.2 Å². The van der Waals surface area contributed by atoms with Crippen molar-refractivity contribution < 1.29 is 8.81 Å². The Bertz CT molecular complexity index is 584. The number of halogens is 2. The van der Waals surface area contributed by atoms with E-state index in [0.29, 0.717) is 5.92 Å². The van der Waals surface area contributed by atoms with Gasteiger partial charge in [0.2, 0.25) is 0 Å². The maximum absolute atomic E-state index is 13.3. The zero-order chi connectivity index (χ0) is 13.4. The van der Waals surface area contributed by atoms with Crippen molar-refractivity contribution in [3.05, 3.63) is 35.3 Å². The van der Waals surface area contributed by atoms with Crippen molar-refractivity contribution in [1.82, 2.24) is 0 Å². The fourth-order valence-electron chi connectivity index (χ4n) is 3.12. The lowest BCUT2D eigenvalue weighted by atomic mass is 9.85. The highest BCUT2D eigenvalue weighted by molar-refractivity contribution is 6.21. The van der Waals surface area contributed by atoms with Crippen LogP contribution in [0.15, 0.2) is 22.6 Å². The SMILES string of the molecule is Cc1c(C(Cl)C2CCCCC2)oc2ccc(F)cc12. The third kappa shape index (κ3) is 2.38. The number of alkyl halides is 1. The van der Waals surface area contributed by atoms with E-state index in [1.807, 2.05) is 6.92 Å². The van der Waals surface area contributed by atoms with Crippen LogP contribution in [0.25, 0.3) is 11.0 Å². The standard InChI is InChI=1S/C16H18ClFO/c1-10-13-9-12(18)7-8-14(13)19-16(10)15(17)11-5-3-2-4-6-11/h7-9,11,15H,2-6H2,1H3. The van der Waals surface area contributed by atoms with Gasteiger partial charge in [-0.15, -0.1) is 11.6 Å². The molecule has 1 nitrogen and oxygen atoms in total. The molecule has 0 saturated heterocycles. The van der Waals surface area contributed by atoms with Crippen LogP contribution in [0, 0.1) is 18.7 Å². The van der Waals surface area contributed by atoms with Gasteiger partial charge >= 0.3 is 0 Å². The van der Waals surface area contributed by atoms with Gasteiger partial charge < -0.3 is 4.42 Å². The highest BCUT2D eigenvalue weighted by atomic mass is 35.5. The summed E-state index contributed by atoms with van der Waals surface area (Å²) in [4.78, 5) is 0. The molecule has 0 N–H and O–H groups in total. The second-order valence-corrected chi connectivity index (χ2v) is 6.00. The second kappa shape index (κ2) is 5.16. The van der Waals surface area contributed by atoms with E-state index in [-0.39, 0.29) is 11.2 Å². The highest BCUT2D eigenvalue weighted by Gasteiger charge is 2.28. The first kappa shape index (κ1) is 13.0. The monoisotopic (exact) mass is 280 g/mol. The Hall–Kier alpha value is -1.02. The molecule has 1 atom stereocenters. The third-order valence-corrected chi connectivity index (χ3v) is 4.80. The van der Waals surface area contributed by atoms with E-state index in [1.165, 1.54) is 44.2 Å². The number of fused-ring (bicyclic) bond motifs is 1. The molecule has 3 rings (SSSR count). The van der Waals surface area contributed by atoms with E-state index < -0.39 is 0 Å². The van der Waals surface area contributed by atoms with Crippen molar-refractivity contribution in [2.24, 2.45) is 5.92 Å². The molecule has 3 heteroatoms. The van der Waals surface area contributed by atoms with Gasteiger partial charge in [0.25, 0.3) is 0 Å². The molecule has 1 unspecified atom stereocenters. The quantitative estimate of drug-likeness (QED) is 0.639. The predicted octanol–water partition coefficient (Wildman–Crippen LogP) is 5.74. The molecule has 1 fully saturated rings. The molecule has 1 aliphatic carbocycles. The molecule has 19 heavy (non-hydrogen) atoms. The highest BCUT2D eigenvalue weighted by Crippen LogP contribution is 2.42. The largest absolute Gasteiger partial charge is 0.459 e. The Balaban J connectivity index is 1.97. The average Bonchev–Trinajstić information content (AvgIpc) is 2.76. The number of benzene rings is 1. The number of aryl methyl sites for hydroxylation is 1. The molecule has 1 aromatic carbocycles. The first-order valence-corrected chi connectivity index (χ1v) is 7.43. The summed E-state index contributed by atoms with van der Waals surface area (Å²) >= 11 is 6.61. The summed E-state index contributed by atoms with van der Waals surface area (Å²) in [5, 5.41) is 0.757. The van der Waals surface area contributed by atoms with Gasteiger partial charge in [0.05, 0.1) is 5.38 Å². The van der Waals surface area contributed by atoms with Crippen molar-refractivity contribution in [1.29, 1.82) is 0 Å². The van der Waals surface area contributed by atoms with E-state index >= 15 is 0 Å². The van der Waals surface area contributed by atoms with Gasteiger partial charge in [-0.2, -0.15) is 0 Å². The van der Waals surface area contributed by atoms with Gasteiger partial charge in [-0.05, 0) is 43.9 Å². The lowest BCUT2D eigenvalue weighted by Crippen LogP contribution is -2.12. The fraction of sp³-hybridized carbons (Fsp3) is 0.500. The van der Waals surface area contributed by atoms with Gasteiger partial charge in [0.15, 0.2) is 0 Å². The number of hydrogen-bond donors (Lipinski definition) is 0. The minimum atomic E-state index is -0.230. The first-order chi connectivity index (χ1) is 9.16. The van der Waals surface area contributed by atoms with E-state index in [9.17, 15) is 4.39 Å². The van der Waals surface area contributed by atoms with Gasteiger partial charge in [-0.1, -0.05) is 19.3 Å². The fourth-order valence-corrected chi connectivity index (χ4v) is 3.58. The molecule has 102 valence electrons. The lowest BCUT2D eigenvalue weighted by molar-refractivity contribution is 0.327. The summed E-state index contributed by atoms with van der Waals surface area (Å²) in [6.07, 6.45) is 6.14. The van der Waals surface area contributed by atoms with Crippen LogP contribution in [0.5, 0.6) is 0 Å². The van der Waals surface area contributed by atoms with Crippen LogP contribution in [0.4, 0.5) is 4.39 Å². The molecular weight excluding hydrogens is 263 g/mol.